The zero-order valence-electron chi connectivity index (χ0n) is 10.9. The van der Waals surface area contributed by atoms with E-state index < -0.39 is 23.2 Å². The SMILES string of the molecule is C=CCNc1ccc(C(=O)Nc2c(F)cccc2F)nn1. The molecule has 0 atom stereocenters. The third-order valence-corrected chi connectivity index (χ3v) is 2.53. The first-order chi connectivity index (χ1) is 10.1. The Kier molecular flexibility index (Phi) is 4.55. The predicted molar refractivity (Wildman–Crippen MR) is 75.0 cm³/mol. The van der Waals surface area contributed by atoms with Gasteiger partial charge in [-0.2, -0.15) is 0 Å². The molecule has 2 rings (SSSR count). The molecule has 0 spiro atoms. The normalized spacial score (nSPS) is 10.0. The van der Waals surface area contributed by atoms with E-state index in [1.165, 1.54) is 18.2 Å². The Bertz CT molecular complexity index is 638. The Balaban J connectivity index is 2.11. The van der Waals surface area contributed by atoms with Crippen LogP contribution in [0, 0.1) is 11.6 Å². The maximum absolute atomic E-state index is 13.4. The maximum atomic E-state index is 13.4. The molecular weight excluding hydrogens is 278 g/mol. The summed E-state index contributed by atoms with van der Waals surface area (Å²) in [5.41, 5.74) is -0.569. The molecule has 0 aliphatic heterocycles. The summed E-state index contributed by atoms with van der Waals surface area (Å²) in [4.78, 5) is 11.9. The molecule has 0 aliphatic rings. The Morgan fingerprint density at radius 2 is 1.90 bits per heavy atom. The smallest absolute Gasteiger partial charge is 0.276 e. The fourth-order valence-electron chi connectivity index (χ4n) is 1.52. The van der Waals surface area contributed by atoms with E-state index in [-0.39, 0.29) is 5.69 Å². The number of halogens is 2. The maximum Gasteiger partial charge on any atom is 0.276 e. The Labute approximate surface area is 119 Å². The van der Waals surface area contributed by atoms with Gasteiger partial charge in [0.2, 0.25) is 0 Å². The van der Waals surface area contributed by atoms with E-state index in [4.69, 9.17) is 0 Å². The van der Waals surface area contributed by atoms with Gasteiger partial charge in [0, 0.05) is 6.54 Å². The molecule has 2 N–H and O–H groups in total. The summed E-state index contributed by atoms with van der Waals surface area (Å²) < 4.78 is 26.8. The van der Waals surface area contributed by atoms with Crippen LogP contribution in [0.5, 0.6) is 0 Å². The molecule has 1 aromatic carbocycles. The molecule has 0 aliphatic carbocycles. The average molecular weight is 290 g/mol. The molecule has 108 valence electrons. The minimum atomic E-state index is -0.861. The highest BCUT2D eigenvalue weighted by atomic mass is 19.1. The van der Waals surface area contributed by atoms with Gasteiger partial charge in [0.15, 0.2) is 5.69 Å². The van der Waals surface area contributed by atoms with Crippen LogP contribution in [0.3, 0.4) is 0 Å². The van der Waals surface area contributed by atoms with E-state index in [1.54, 1.807) is 6.08 Å². The molecule has 5 nitrogen and oxygen atoms in total. The highest BCUT2D eigenvalue weighted by Gasteiger charge is 2.14. The van der Waals surface area contributed by atoms with Gasteiger partial charge < -0.3 is 10.6 Å². The van der Waals surface area contributed by atoms with Crippen molar-refractivity contribution in [3.05, 3.63) is 60.3 Å². The predicted octanol–water partition coefficient (Wildman–Crippen LogP) is 2.61. The highest BCUT2D eigenvalue weighted by molar-refractivity contribution is 6.02. The number of rotatable bonds is 5. The molecule has 0 bridgehead atoms. The number of nitrogens with zero attached hydrogens (tertiary/aromatic N) is 2. The van der Waals surface area contributed by atoms with Crippen LogP contribution in [0.1, 0.15) is 10.5 Å². The van der Waals surface area contributed by atoms with Gasteiger partial charge in [0.1, 0.15) is 23.1 Å². The second kappa shape index (κ2) is 6.56. The molecule has 0 radical (unpaired) electrons. The van der Waals surface area contributed by atoms with Crippen molar-refractivity contribution in [2.75, 3.05) is 17.2 Å². The molecule has 0 fully saturated rings. The van der Waals surface area contributed by atoms with Gasteiger partial charge in [0.05, 0.1) is 0 Å². The Hall–Kier alpha value is -2.83. The third kappa shape index (κ3) is 3.59. The summed E-state index contributed by atoms with van der Waals surface area (Å²) in [7, 11) is 0. The molecule has 1 amide bonds. The molecule has 1 aromatic heterocycles. The summed E-state index contributed by atoms with van der Waals surface area (Å²) in [6.07, 6.45) is 1.64. The van der Waals surface area contributed by atoms with E-state index >= 15 is 0 Å². The van der Waals surface area contributed by atoms with Gasteiger partial charge in [-0.05, 0) is 24.3 Å². The van der Waals surface area contributed by atoms with Gasteiger partial charge in [-0.1, -0.05) is 12.1 Å². The van der Waals surface area contributed by atoms with Crippen molar-refractivity contribution < 1.29 is 13.6 Å². The topological polar surface area (TPSA) is 66.9 Å². The molecule has 21 heavy (non-hydrogen) atoms. The lowest BCUT2D eigenvalue weighted by atomic mass is 10.2. The summed E-state index contributed by atoms with van der Waals surface area (Å²) in [5.74, 6) is -2.01. The number of aromatic nitrogens is 2. The van der Waals surface area contributed by atoms with E-state index in [0.29, 0.717) is 12.4 Å². The lowest BCUT2D eigenvalue weighted by Crippen LogP contribution is -2.16. The van der Waals surface area contributed by atoms with E-state index in [1.807, 2.05) is 0 Å². The number of carbonyl (C=O) groups excluding carboxylic acids is 1. The molecule has 0 saturated carbocycles. The standard InChI is InChI=1S/C14H12F2N4O/c1-2-8-17-12-7-6-11(19-20-12)14(21)18-13-9(15)4-3-5-10(13)16/h2-7H,1,8H2,(H,17,20)(H,18,21). The second-order valence-electron chi connectivity index (χ2n) is 4.02. The van der Waals surface area contributed by atoms with Crippen LogP contribution in [0.2, 0.25) is 0 Å². The fourth-order valence-corrected chi connectivity index (χ4v) is 1.52. The summed E-state index contributed by atoms with van der Waals surface area (Å²) in [6, 6.07) is 6.23. The van der Waals surface area contributed by atoms with Gasteiger partial charge in [0.25, 0.3) is 5.91 Å². The van der Waals surface area contributed by atoms with Gasteiger partial charge in [-0.25, -0.2) is 8.78 Å². The van der Waals surface area contributed by atoms with E-state index in [0.717, 1.165) is 12.1 Å². The minimum absolute atomic E-state index is 0.0539. The minimum Gasteiger partial charge on any atom is -0.365 e. The summed E-state index contributed by atoms with van der Waals surface area (Å²) in [5, 5.41) is 12.5. The summed E-state index contributed by atoms with van der Waals surface area (Å²) >= 11 is 0. The number of amides is 1. The Morgan fingerprint density at radius 1 is 1.19 bits per heavy atom. The van der Waals surface area contributed by atoms with Crippen molar-refractivity contribution in [3.8, 4) is 0 Å². The molecule has 0 unspecified atom stereocenters. The second-order valence-corrected chi connectivity index (χ2v) is 4.02. The Morgan fingerprint density at radius 3 is 2.48 bits per heavy atom. The van der Waals surface area contributed by atoms with Crippen molar-refractivity contribution >= 4 is 17.4 Å². The van der Waals surface area contributed by atoms with Crippen LogP contribution in [-0.4, -0.2) is 22.6 Å². The molecule has 2 aromatic rings. The number of carbonyl (C=O) groups is 1. The average Bonchev–Trinajstić information content (AvgIpc) is 2.49. The van der Waals surface area contributed by atoms with Crippen LogP contribution in [0.4, 0.5) is 20.3 Å². The van der Waals surface area contributed by atoms with Gasteiger partial charge in [-0.3, -0.25) is 4.79 Å². The molecule has 7 heteroatoms. The molecule has 0 saturated heterocycles. The van der Waals surface area contributed by atoms with Crippen LogP contribution < -0.4 is 10.6 Å². The van der Waals surface area contributed by atoms with Crippen LogP contribution in [-0.2, 0) is 0 Å². The highest BCUT2D eigenvalue weighted by Crippen LogP contribution is 2.18. The lowest BCUT2D eigenvalue weighted by molar-refractivity contribution is 0.102. The lowest BCUT2D eigenvalue weighted by Gasteiger charge is -2.07. The summed E-state index contributed by atoms with van der Waals surface area (Å²) in [6.45, 7) is 4.04. The fraction of sp³-hybridized carbons (Fsp3) is 0.0714. The molecular formula is C14H12F2N4O. The number of hydrogen-bond donors (Lipinski definition) is 2. The zero-order valence-corrected chi connectivity index (χ0v) is 10.9. The third-order valence-electron chi connectivity index (χ3n) is 2.53. The van der Waals surface area contributed by atoms with Crippen LogP contribution >= 0.6 is 0 Å². The first-order valence-corrected chi connectivity index (χ1v) is 6.05. The number of hydrogen-bond acceptors (Lipinski definition) is 4. The van der Waals surface area contributed by atoms with Gasteiger partial charge in [-0.15, -0.1) is 16.8 Å². The monoisotopic (exact) mass is 290 g/mol. The quantitative estimate of drug-likeness (QED) is 0.831. The van der Waals surface area contributed by atoms with Crippen molar-refractivity contribution in [3.63, 3.8) is 0 Å². The number of para-hydroxylation sites is 1. The van der Waals surface area contributed by atoms with E-state index in [9.17, 15) is 13.6 Å². The number of benzene rings is 1. The van der Waals surface area contributed by atoms with Crippen molar-refractivity contribution in [1.29, 1.82) is 0 Å². The largest absolute Gasteiger partial charge is 0.365 e. The van der Waals surface area contributed by atoms with Crippen LogP contribution in [0.15, 0.2) is 43.0 Å². The van der Waals surface area contributed by atoms with Gasteiger partial charge >= 0.3 is 0 Å². The first kappa shape index (κ1) is 14.6. The van der Waals surface area contributed by atoms with Crippen molar-refractivity contribution in [2.24, 2.45) is 0 Å². The molecule has 1 heterocycles. The van der Waals surface area contributed by atoms with Crippen molar-refractivity contribution in [2.45, 2.75) is 0 Å². The number of nitrogens with one attached hydrogen (secondary N) is 2. The van der Waals surface area contributed by atoms with Crippen molar-refractivity contribution in [1.82, 2.24) is 10.2 Å². The zero-order chi connectivity index (χ0) is 15.2. The van der Waals surface area contributed by atoms with Crippen LogP contribution in [0.25, 0.3) is 0 Å². The number of anilines is 2. The van der Waals surface area contributed by atoms with E-state index in [2.05, 4.69) is 27.4 Å². The first-order valence-electron chi connectivity index (χ1n) is 6.05.